The largest absolute Gasteiger partial charge is 0.378 e. The number of likely N-dealkylation sites (tertiary alicyclic amines) is 1. The monoisotopic (exact) mass is 394 g/mol. The molecule has 29 heavy (non-hydrogen) atoms. The van der Waals surface area contributed by atoms with Crippen molar-refractivity contribution in [3.63, 3.8) is 0 Å². The highest BCUT2D eigenvalue weighted by atomic mass is 16.2. The fourth-order valence-corrected chi connectivity index (χ4v) is 3.92. The summed E-state index contributed by atoms with van der Waals surface area (Å²) in [4.78, 5) is 33.1. The summed E-state index contributed by atoms with van der Waals surface area (Å²) in [5.74, 6) is 0.211. The second kappa shape index (κ2) is 9.54. The van der Waals surface area contributed by atoms with E-state index in [9.17, 15) is 9.59 Å². The Balaban J connectivity index is 1.68. The molecular formula is C23H30N4O2. The van der Waals surface area contributed by atoms with E-state index in [2.05, 4.69) is 10.3 Å². The van der Waals surface area contributed by atoms with Crippen LogP contribution in [0.1, 0.15) is 37.1 Å². The topological polar surface area (TPSA) is 65.5 Å². The quantitative estimate of drug-likeness (QED) is 0.818. The first-order valence-corrected chi connectivity index (χ1v) is 10.2. The lowest BCUT2D eigenvalue weighted by Crippen LogP contribution is -2.45. The Hall–Kier alpha value is -2.89. The van der Waals surface area contributed by atoms with Gasteiger partial charge in [-0.05, 0) is 42.7 Å². The van der Waals surface area contributed by atoms with Gasteiger partial charge in [-0.2, -0.15) is 0 Å². The maximum Gasteiger partial charge on any atom is 0.226 e. The number of anilines is 1. The third-order valence-corrected chi connectivity index (χ3v) is 5.46. The summed E-state index contributed by atoms with van der Waals surface area (Å²) in [7, 11) is 4.00. The zero-order valence-corrected chi connectivity index (χ0v) is 17.5. The van der Waals surface area contributed by atoms with E-state index in [1.54, 1.807) is 6.20 Å². The molecule has 1 N–H and O–H groups in total. The van der Waals surface area contributed by atoms with Crippen molar-refractivity contribution < 1.29 is 9.59 Å². The molecule has 0 spiro atoms. The van der Waals surface area contributed by atoms with E-state index >= 15 is 0 Å². The Morgan fingerprint density at radius 1 is 1.21 bits per heavy atom. The molecule has 3 rings (SSSR count). The number of benzene rings is 1. The van der Waals surface area contributed by atoms with E-state index in [1.165, 1.54) is 6.92 Å². The Labute approximate surface area is 172 Å². The van der Waals surface area contributed by atoms with Gasteiger partial charge in [0.2, 0.25) is 11.8 Å². The van der Waals surface area contributed by atoms with Gasteiger partial charge in [-0.1, -0.05) is 18.2 Å². The van der Waals surface area contributed by atoms with Crippen LogP contribution in [0.2, 0.25) is 0 Å². The van der Waals surface area contributed by atoms with Gasteiger partial charge in [-0.25, -0.2) is 0 Å². The van der Waals surface area contributed by atoms with Gasteiger partial charge < -0.3 is 15.1 Å². The highest BCUT2D eigenvalue weighted by Gasteiger charge is 2.31. The minimum Gasteiger partial charge on any atom is -0.378 e. The molecule has 6 heteroatoms. The van der Waals surface area contributed by atoms with Gasteiger partial charge in [0.05, 0.1) is 18.2 Å². The lowest BCUT2D eigenvalue weighted by molar-refractivity contribution is -0.132. The molecular weight excluding hydrogens is 364 g/mol. The summed E-state index contributed by atoms with van der Waals surface area (Å²) < 4.78 is 0. The first kappa shape index (κ1) is 20.8. The van der Waals surface area contributed by atoms with Crippen molar-refractivity contribution in [3.8, 4) is 0 Å². The predicted octanol–water partition coefficient (Wildman–Crippen LogP) is 2.81. The molecule has 2 heterocycles. The molecule has 2 aromatic rings. The molecule has 154 valence electrons. The minimum absolute atomic E-state index is 0.0786. The highest BCUT2D eigenvalue weighted by Crippen LogP contribution is 2.29. The predicted molar refractivity (Wildman–Crippen MR) is 115 cm³/mol. The normalized spacial score (nSPS) is 17.5. The van der Waals surface area contributed by atoms with Crippen LogP contribution in [0, 0.1) is 5.92 Å². The molecule has 0 saturated carbocycles. The molecule has 1 aliphatic heterocycles. The number of aromatic nitrogens is 1. The third-order valence-electron chi connectivity index (χ3n) is 5.46. The Morgan fingerprint density at radius 2 is 1.97 bits per heavy atom. The average Bonchev–Trinajstić information content (AvgIpc) is 2.73. The molecule has 1 aromatic carbocycles. The lowest BCUT2D eigenvalue weighted by Gasteiger charge is -2.37. The Bertz CT molecular complexity index is 821. The number of carbonyl (C=O) groups is 2. The van der Waals surface area contributed by atoms with Crippen molar-refractivity contribution in [2.24, 2.45) is 5.92 Å². The van der Waals surface area contributed by atoms with E-state index in [4.69, 9.17) is 0 Å². The van der Waals surface area contributed by atoms with E-state index < -0.39 is 0 Å². The van der Waals surface area contributed by atoms with Gasteiger partial charge in [0.15, 0.2) is 0 Å². The molecule has 1 fully saturated rings. The number of piperidine rings is 1. The van der Waals surface area contributed by atoms with Crippen molar-refractivity contribution in [2.75, 3.05) is 32.1 Å². The number of nitrogens with zero attached hydrogens (tertiary/aromatic N) is 3. The number of rotatable bonds is 6. The third kappa shape index (κ3) is 5.56. The summed E-state index contributed by atoms with van der Waals surface area (Å²) in [5, 5.41) is 3.05. The molecule has 1 aliphatic rings. The van der Waals surface area contributed by atoms with E-state index in [0.717, 1.165) is 36.3 Å². The van der Waals surface area contributed by atoms with Gasteiger partial charge in [0, 0.05) is 51.9 Å². The van der Waals surface area contributed by atoms with E-state index in [0.29, 0.717) is 13.0 Å². The SMILES string of the molecule is CC(=O)NC(c1ccccn1)C1CCCN(C(=O)Cc2ccc(N(C)C)cc2)C1. The minimum atomic E-state index is -0.177. The van der Waals surface area contributed by atoms with Gasteiger partial charge in [0.1, 0.15) is 0 Å². The van der Waals surface area contributed by atoms with E-state index in [1.807, 2.05) is 66.4 Å². The molecule has 2 atom stereocenters. The summed E-state index contributed by atoms with van der Waals surface area (Å²) in [6, 6.07) is 13.7. The van der Waals surface area contributed by atoms with Crippen LogP contribution in [0.25, 0.3) is 0 Å². The number of carbonyl (C=O) groups excluding carboxylic acids is 2. The van der Waals surface area contributed by atoms with Crippen LogP contribution < -0.4 is 10.2 Å². The lowest BCUT2D eigenvalue weighted by atomic mass is 9.88. The number of nitrogens with one attached hydrogen (secondary N) is 1. The van der Waals surface area contributed by atoms with Crippen LogP contribution in [0.15, 0.2) is 48.7 Å². The van der Waals surface area contributed by atoms with Crippen molar-refractivity contribution in [2.45, 2.75) is 32.2 Å². The maximum atomic E-state index is 12.9. The summed E-state index contributed by atoms with van der Waals surface area (Å²) in [6.07, 6.45) is 4.03. The first-order chi connectivity index (χ1) is 13.9. The van der Waals surface area contributed by atoms with Crippen LogP contribution >= 0.6 is 0 Å². The van der Waals surface area contributed by atoms with Crippen LogP contribution in [0.4, 0.5) is 5.69 Å². The Morgan fingerprint density at radius 3 is 2.59 bits per heavy atom. The molecule has 1 saturated heterocycles. The second-order valence-electron chi connectivity index (χ2n) is 7.91. The number of pyridine rings is 1. The van der Waals surface area contributed by atoms with Crippen LogP contribution in [-0.4, -0.2) is 48.9 Å². The number of hydrogen-bond donors (Lipinski definition) is 1. The van der Waals surface area contributed by atoms with Crippen molar-refractivity contribution in [1.29, 1.82) is 0 Å². The van der Waals surface area contributed by atoms with Gasteiger partial charge >= 0.3 is 0 Å². The summed E-state index contributed by atoms with van der Waals surface area (Å²) >= 11 is 0. The number of amides is 2. The molecule has 2 unspecified atom stereocenters. The van der Waals surface area contributed by atoms with Crippen molar-refractivity contribution in [3.05, 3.63) is 59.9 Å². The highest BCUT2D eigenvalue weighted by molar-refractivity contribution is 5.79. The van der Waals surface area contributed by atoms with Gasteiger partial charge in [-0.3, -0.25) is 14.6 Å². The fourth-order valence-electron chi connectivity index (χ4n) is 3.92. The van der Waals surface area contributed by atoms with Gasteiger partial charge in [0.25, 0.3) is 0 Å². The van der Waals surface area contributed by atoms with Crippen LogP contribution in [-0.2, 0) is 16.0 Å². The first-order valence-electron chi connectivity index (χ1n) is 10.2. The summed E-state index contributed by atoms with van der Waals surface area (Å²) in [5.41, 5.74) is 2.99. The maximum absolute atomic E-state index is 12.9. The van der Waals surface area contributed by atoms with Crippen LogP contribution in [0.5, 0.6) is 0 Å². The van der Waals surface area contributed by atoms with Crippen LogP contribution in [0.3, 0.4) is 0 Å². The zero-order chi connectivity index (χ0) is 20.8. The number of hydrogen-bond acceptors (Lipinski definition) is 4. The van der Waals surface area contributed by atoms with Crippen molar-refractivity contribution in [1.82, 2.24) is 15.2 Å². The van der Waals surface area contributed by atoms with Gasteiger partial charge in [-0.15, -0.1) is 0 Å². The average molecular weight is 395 g/mol. The van der Waals surface area contributed by atoms with Crippen molar-refractivity contribution >= 4 is 17.5 Å². The van der Waals surface area contributed by atoms with E-state index in [-0.39, 0.29) is 23.8 Å². The standard InChI is InChI=1S/C23H30N4O2/c1-17(28)25-23(21-8-4-5-13-24-21)19-7-6-14-27(16-19)22(29)15-18-9-11-20(12-10-18)26(2)3/h4-5,8-13,19,23H,6-7,14-16H2,1-3H3,(H,25,28). The fraction of sp³-hybridized carbons (Fsp3) is 0.435. The zero-order valence-electron chi connectivity index (χ0n) is 17.5. The summed E-state index contributed by atoms with van der Waals surface area (Å²) in [6.45, 7) is 2.93. The molecule has 1 aromatic heterocycles. The Kier molecular flexibility index (Phi) is 6.86. The molecule has 0 bridgehead atoms. The molecule has 0 radical (unpaired) electrons. The molecule has 0 aliphatic carbocycles. The smallest absolute Gasteiger partial charge is 0.226 e. The molecule has 2 amide bonds. The second-order valence-corrected chi connectivity index (χ2v) is 7.91. The molecule has 6 nitrogen and oxygen atoms in total.